The SMILES string of the molecule is CC.CCCCCN(CCCC)C(=O)n1ccc2c(C(=O)O)cccc21. The predicted molar refractivity (Wildman–Crippen MR) is 107 cm³/mol. The number of hydrogen-bond donors (Lipinski definition) is 1. The van der Waals surface area contributed by atoms with E-state index in [1.165, 1.54) is 0 Å². The standard InChI is InChI=1S/C19H26N2O3.C2H6/c1-3-5-7-13-20(12-6-4-2)19(24)21-14-11-15-16(18(22)23)9-8-10-17(15)21;1-2/h8-11,14H,3-7,12-13H2,1-2H3,(H,22,23);1-2H3. The van der Waals surface area contributed by atoms with Crippen LogP contribution in [0.4, 0.5) is 4.79 Å². The molecule has 0 unspecified atom stereocenters. The van der Waals surface area contributed by atoms with Crippen LogP contribution < -0.4 is 0 Å². The van der Waals surface area contributed by atoms with Crippen LogP contribution in [0.2, 0.25) is 0 Å². The summed E-state index contributed by atoms with van der Waals surface area (Å²) in [5.74, 6) is -0.975. The summed E-state index contributed by atoms with van der Waals surface area (Å²) in [4.78, 5) is 26.2. The van der Waals surface area contributed by atoms with Crippen molar-refractivity contribution < 1.29 is 14.7 Å². The van der Waals surface area contributed by atoms with E-state index in [9.17, 15) is 14.7 Å². The van der Waals surface area contributed by atoms with Crippen LogP contribution in [0.1, 0.15) is 70.2 Å². The van der Waals surface area contributed by atoms with Crippen LogP contribution in [0.15, 0.2) is 30.5 Å². The average molecular weight is 360 g/mol. The van der Waals surface area contributed by atoms with Gasteiger partial charge >= 0.3 is 12.0 Å². The van der Waals surface area contributed by atoms with Gasteiger partial charge in [0, 0.05) is 24.7 Å². The summed E-state index contributed by atoms with van der Waals surface area (Å²) in [6.07, 6.45) is 6.89. The summed E-state index contributed by atoms with van der Waals surface area (Å²) in [5.41, 5.74) is 0.877. The van der Waals surface area contributed by atoms with Gasteiger partial charge in [0.25, 0.3) is 0 Å². The molecule has 0 spiro atoms. The molecular formula is C21H32N2O3. The Morgan fingerprint density at radius 1 is 1.00 bits per heavy atom. The number of carbonyl (C=O) groups excluding carboxylic acids is 1. The molecule has 0 saturated heterocycles. The molecule has 5 heteroatoms. The fraction of sp³-hybridized carbons (Fsp3) is 0.524. The van der Waals surface area contributed by atoms with E-state index in [1.807, 2.05) is 18.7 Å². The van der Waals surface area contributed by atoms with E-state index in [-0.39, 0.29) is 11.6 Å². The maximum atomic E-state index is 12.9. The van der Waals surface area contributed by atoms with Gasteiger partial charge in [0.05, 0.1) is 11.1 Å². The van der Waals surface area contributed by atoms with E-state index in [1.54, 1.807) is 35.0 Å². The zero-order valence-corrected chi connectivity index (χ0v) is 16.5. The fourth-order valence-electron chi connectivity index (χ4n) is 2.88. The number of carbonyl (C=O) groups is 2. The smallest absolute Gasteiger partial charge is 0.336 e. The van der Waals surface area contributed by atoms with Gasteiger partial charge in [-0.1, -0.05) is 53.0 Å². The molecule has 0 fully saturated rings. The van der Waals surface area contributed by atoms with Crippen LogP contribution >= 0.6 is 0 Å². The van der Waals surface area contributed by atoms with E-state index in [0.29, 0.717) is 10.9 Å². The highest BCUT2D eigenvalue weighted by Gasteiger charge is 2.18. The molecule has 5 nitrogen and oxygen atoms in total. The van der Waals surface area contributed by atoms with Gasteiger partial charge in [-0.05, 0) is 31.0 Å². The Morgan fingerprint density at radius 2 is 1.65 bits per heavy atom. The lowest BCUT2D eigenvalue weighted by Gasteiger charge is -2.23. The Balaban J connectivity index is 0.00000163. The molecule has 1 amide bonds. The van der Waals surface area contributed by atoms with Crippen molar-refractivity contribution >= 4 is 22.9 Å². The molecule has 0 aliphatic heterocycles. The van der Waals surface area contributed by atoms with Crippen LogP contribution in [0.25, 0.3) is 10.9 Å². The van der Waals surface area contributed by atoms with Crippen molar-refractivity contribution in [1.29, 1.82) is 0 Å². The number of nitrogens with zero attached hydrogens (tertiary/aromatic N) is 2. The number of benzene rings is 1. The normalized spacial score (nSPS) is 10.3. The second kappa shape index (κ2) is 11.3. The lowest BCUT2D eigenvalue weighted by molar-refractivity contribution is 0.0699. The van der Waals surface area contributed by atoms with E-state index in [0.717, 1.165) is 45.2 Å². The third-order valence-corrected chi connectivity index (χ3v) is 4.25. The van der Waals surface area contributed by atoms with Crippen molar-refractivity contribution in [2.24, 2.45) is 0 Å². The summed E-state index contributed by atoms with van der Waals surface area (Å²) in [6, 6.07) is 6.68. The molecule has 2 aromatic rings. The molecule has 0 aliphatic carbocycles. The van der Waals surface area contributed by atoms with E-state index < -0.39 is 5.97 Å². The number of amides is 1. The molecule has 2 rings (SSSR count). The molecular weight excluding hydrogens is 328 g/mol. The molecule has 144 valence electrons. The van der Waals surface area contributed by atoms with Crippen molar-refractivity contribution in [1.82, 2.24) is 9.47 Å². The summed E-state index contributed by atoms with van der Waals surface area (Å²) in [7, 11) is 0. The minimum atomic E-state index is -0.975. The van der Waals surface area contributed by atoms with Crippen LogP contribution in [-0.2, 0) is 0 Å². The first kappa shape index (κ1) is 21.7. The molecule has 1 N–H and O–H groups in total. The number of carboxylic acids is 1. The number of rotatable bonds is 8. The van der Waals surface area contributed by atoms with Gasteiger partial charge in [0.15, 0.2) is 0 Å². The first-order chi connectivity index (χ1) is 12.6. The number of fused-ring (bicyclic) bond motifs is 1. The van der Waals surface area contributed by atoms with Crippen molar-refractivity contribution in [2.75, 3.05) is 13.1 Å². The average Bonchev–Trinajstić information content (AvgIpc) is 3.09. The highest BCUT2D eigenvalue weighted by molar-refractivity contribution is 6.05. The first-order valence-electron chi connectivity index (χ1n) is 9.72. The molecule has 1 aromatic carbocycles. The lowest BCUT2D eigenvalue weighted by Crippen LogP contribution is -2.36. The maximum Gasteiger partial charge on any atom is 0.336 e. The topological polar surface area (TPSA) is 62.5 Å². The van der Waals surface area contributed by atoms with Crippen molar-refractivity contribution in [3.63, 3.8) is 0 Å². The molecule has 1 aromatic heterocycles. The number of hydrogen-bond acceptors (Lipinski definition) is 2. The first-order valence-corrected chi connectivity index (χ1v) is 9.72. The number of aromatic carboxylic acids is 1. The van der Waals surface area contributed by atoms with Gasteiger partial charge < -0.3 is 10.0 Å². The Kier molecular flexibility index (Phi) is 9.48. The zero-order chi connectivity index (χ0) is 19.5. The Labute approximate surface area is 156 Å². The quantitative estimate of drug-likeness (QED) is 0.621. The van der Waals surface area contributed by atoms with E-state index in [2.05, 4.69) is 13.8 Å². The third kappa shape index (κ3) is 5.35. The van der Waals surface area contributed by atoms with Gasteiger partial charge in [-0.25, -0.2) is 9.59 Å². The van der Waals surface area contributed by atoms with Crippen LogP contribution in [0.5, 0.6) is 0 Å². The van der Waals surface area contributed by atoms with Crippen LogP contribution in [0, 0.1) is 0 Å². The van der Waals surface area contributed by atoms with E-state index in [4.69, 9.17) is 0 Å². The minimum Gasteiger partial charge on any atom is -0.478 e. The number of aromatic nitrogens is 1. The largest absolute Gasteiger partial charge is 0.478 e. The fourth-order valence-corrected chi connectivity index (χ4v) is 2.88. The van der Waals surface area contributed by atoms with E-state index >= 15 is 0 Å². The Bertz CT molecular complexity index is 706. The highest BCUT2D eigenvalue weighted by atomic mass is 16.4. The van der Waals surface area contributed by atoms with Crippen LogP contribution in [-0.4, -0.2) is 39.7 Å². The molecule has 0 atom stereocenters. The van der Waals surface area contributed by atoms with Crippen molar-refractivity contribution in [3.05, 3.63) is 36.0 Å². The second-order valence-electron chi connectivity index (χ2n) is 6.06. The number of unbranched alkanes of at least 4 members (excludes halogenated alkanes) is 3. The van der Waals surface area contributed by atoms with Gasteiger partial charge in [0.1, 0.15) is 0 Å². The summed E-state index contributed by atoms with van der Waals surface area (Å²) < 4.78 is 1.57. The Morgan fingerprint density at radius 3 is 2.27 bits per heavy atom. The van der Waals surface area contributed by atoms with Gasteiger partial charge in [-0.15, -0.1) is 0 Å². The molecule has 26 heavy (non-hydrogen) atoms. The van der Waals surface area contributed by atoms with Gasteiger partial charge in [0.2, 0.25) is 0 Å². The number of carboxylic acid groups (broad SMARTS) is 1. The molecule has 0 radical (unpaired) electrons. The van der Waals surface area contributed by atoms with Gasteiger partial charge in [-0.3, -0.25) is 4.57 Å². The predicted octanol–water partition coefficient (Wildman–Crippen LogP) is 5.63. The molecule has 0 aliphatic rings. The Hall–Kier alpha value is -2.30. The molecule has 0 saturated carbocycles. The van der Waals surface area contributed by atoms with Crippen molar-refractivity contribution in [2.45, 2.75) is 59.8 Å². The second-order valence-corrected chi connectivity index (χ2v) is 6.06. The summed E-state index contributed by atoms with van der Waals surface area (Å²) in [6.45, 7) is 9.73. The van der Waals surface area contributed by atoms with Crippen molar-refractivity contribution in [3.8, 4) is 0 Å². The zero-order valence-electron chi connectivity index (χ0n) is 16.5. The highest BCUT2D eigenvalue weighted by Crippen LogP contribution is 2.21. The molecule has 0 bridgehead atoms. The third-order valence-electron chi connectivity index (χ3n) is 4.25. The maximum absolute atomic E-state index is 12.9. The monoisotopic (exact) mass is 360 g/mol. The lowest BCUT2D eigenvalue weighted by atomic mass is 10.1. The minimum absolute atomic E-state index is 0.0721. The summed E-state index contributed by atoms with van der Waals surface area (Å²) >= 11 is 0. The van der Waals surface area contributed by atoms with Crippen LogP contribution in [0.3, 0.4) is 0 Å². The summed E-state index contributed by atoms with van der Waals surface area (Å²) in [5, 5.41) is 9.89. The molecule has 1 heterocycles. The van der Waals surface area contributed by atoms with Gasteiger partial charge in [-0.2, -0.15) is 0 Å².